The van der Waals surface area contributed by atoms with Gasteiger partial charge in [0.05, 0.1) is 18.8 Å². The monoisotopic (exact) mass is 429 g/mol. The van der Waals surface area contributed by atoms with Crippen molar-refractivity contribution in [1.82, 2.24) is 0 Å². The van der Waals surface area contributed by atoms with Gasteiger partial charge in [0.25, 0.3) is 0 Å². The predicted octanol–water partition coefficient (Wildman–Crippen LogP) is 5.83. The number of ether oxygens (including phenoxy) is 4. The molecule has 0 aliphatic carbocycles. The lowest BCUT2D eigenvalue weighted by atomic mass is 10.0. The summed E-state index contributed by atoms with van der Waals surface area (Å²) < 4.78 is 37.3. The smallest absolute Gasteiger partial charge is 0.412 e. The molecule has 1 fully saturated rings. The second-order valence-corrected chi connectivity index (χ2v) is 8.31. The molecule has 1 amide bonds. The SMILES string of the molecule is C=C(C)c1ccc(OCc2cccc(NC(=O)OC(C)(C)C)c2)c(F)c1C1OCCO1. The molecule has 0 atom stereocenters. The summed E-state index contributed by atoms with van der Waals surface area (Å²) in [4.78, 5) is 12.0. The average molecular weight is 429 g/mol. The molecular formula is C24H28FNO5. The van der Waals surface area contributed by atoms with E-state index in [1.807, 2.05) is 6.07 Å². The summed E-state index contributed by atoms with van der Waals surface area (Å²) in [6, 6.07) is 10.4. The third-order valence-electron chi connectivity index (χ3n) is 4.43. The highest BCUT2D eigenvalue weighted by Crippen LogP contribution is 2.36. The zero-order valence-electron chi connectivity index (χ0n) is 18.3. The van der Waals surface area contributed by atoms with Gasteiger partial charge in [-0.15, -0.1) is 0 Å². The lowest BCUT2D eigenvalue weighted by molar-refractivity contribution is -0.0469. The van der Waals surface area contributed by atoms with Crippen molar-refractivity contribution in [2.75, 3.05) is 18.5 Å². The first-order valence-electron chi connectivity index (χ1n) is 10.1. The molecule has 6 nitrogen and oxygen atoms in total. The van der Waals surface area contributed by atoms with E-state index in [4.69, 9.17) is 18.9 Å². The third-order valence-corrected chi connectivity index (χ3v) is 4.43. The minimum Gasteiger partial charge on any atom is -0.486 e. The number of anilines is 1. The molecule has 2 aromatic carbocycles. The van der Waals surface area contributed by atoms with Crippen LogP contribution in [0.25, 0.3) is 5.57 Å². The van der Waals surface area contributed by atoms with E-state index in [0.29, 0.717) is 35.6 Å². The number of hydrogen-bond acceptors (Lipinski definition) is 5. The van der Waals surface area contributed by atoms with Crippen molar-refractivity contribution in [2.24, 2.45) is 0 Å². The Kier molecular flexibility index (Phi) is 6.97. The summed E-state index contributed by atoms with van der Waals surface area (Å²) in [7, 11) is 0. The number of halogens is 1. The minimum atomic E-state index is -0.781. The summed E-state index contributed by atoms with van der Waals surface area (Å²) in [5.74, 6) is -0.444. The lowest BCUT2D eigenvalue weighted by Crippen LogP contribution is -2.27. The number of hydrogen-bond donors (Lipinski definition) is 1. The van der Waals surface area contributed by atoms with Gasteiger partial charge in [-0.1, -0.05) is 30.4 Å². The number of benzene rings is 2. The summed E-state index contributed by atoms with van der Waals surface area (Å²) in [5, 5.41) is 2.68. The van der Waals surface area contributed by atoms with Crippen LogP contribution in [0, 0.1) is 5.82 Å². The maximum Gasteiger partial charge on any atom is 0.412 e. The van der Waals surface area contributed by atoms with E-state index < -0.39 is 23.8 Å². The van der Waals surface area contributed by atoms with Gasteiger partial charge in [0.2, 0.25) is 0 Å². The zero-order chi connectivity index (χ0) is 22.6. The van der Waals surface area contributed by atoms with Crippen LogP contribution in [0.3, 0.4) is 0 Å². The van der Waals surface area contributed by atoms with E-state index >= 15 is 4.39 Å². The fourth-order valence-corrected chi connectivity index (χ4v) is 3.13. The number of amides is 1. The molecule has 1 aliphatic heterocycles. The van der Waals surface area contributed by atoms with Crippen LogP contribution < -0.4 is 10.1 Å². The van der Waals surface area contributed by atoms with Gasteiger partial charge in [-0.3, -0.25) is 5.32 Å². The van der Waals surface area contributed by atoms with E-state index in [1.165, 1.54) is 0 Å². The molecule has 3 rings (SSSR count). The highest BCUT2D eigenvalue weighted by molar-refractivity contribution is 5.84. The van der Waals surface area contributed by atoms with E-state index in [0.717, 1.165) is 5.56 Å². The van der Waals surface area contributed by atoms with Crippen molar-refractivity contribution >= 4 is 17.4 Å². The van der Waals surface area contributed by atoms with Gasteiger partial charge < -0.3 is 18.9 Å². The van der Waals surface area contributed by atoms with Gasteiger partial charge >= 0.3 is 6.09 Å². The molecule has 1 N–H and O–H groups in total. The molecule has 0 radical (unpaired) electrons. The molecule has 2 aromatic rings. The molecule has 31 heavy (non-hydrogen) atoms. The quantitative estimate of drug-likeness (QED) is 0.626. The highest BCUT2D eigenvalue weighted by atomic mass is 19.1. The van der Waals surface area contributed by atoms with Gasteiger partial charge in [-0.2, -0.15) is 0 Å². The van der Waals surface area contributed by atoms with Crippen LogP contribution in [0.4, 0.5) is 14.9 Å². The fraction of sp³-hybridized carbons (Fsp3) is 0.375. The topological polar surface area (TPSA) is 66.0 Å². The van der Waals surface area contributed by atoms with Gasteiger partial charge in [0.15, 0.2) is 17.9 Å². The van der Waals surface area contributed by atoms with Crippen molar-refractivity contribution in [3.8, 4) is 5.75 Å². The molecule has 1 heterocycles. The van der Waals surface area contributed by atoms with Crippen molar-refractivity contribution in [3.63, 3.8) is 0 Å². The Labute approximate surface area is 182 Å². The molecule has 7 heteroatoms. The first-order valence-corrected chi connectivity index (χ1v) is 10.1. The number of rotatable bonds is 6. The van der Waals surface area contributed by atoms with Crippen LogP contribution in [0.1, 0.15) is 50.7 Å². The molecule has 0 aromatic heterocycles. The fourth-order valence-electron chi connectivity index (χ4n) is 3.13. The maximum atomic E-state index is 15.3. The van der Waals surface area contributed by atoms with Crippen LogP contribution in [0.5, 0.6) is 5.75 Å². The Morgan fingerprint density at radius 3 is 2.58 bits per heavy atom. The lowest BCUT2D eigenvalue weighted by Gasteiger charge is -2.20. The predicted molar refractivity (Wildman–Crippen MR) is 116 cm³/mol. The number of nitrogens with one attached hydrogen (secondary N) is 1. The molecule has 1 aliphatic rings. The molecule has 0 bridgehead atoms. The standard InChI is InChI=1S/C24H28FNO5/c1-15(2)18-9-10-19(21(25)20(18)22-28-11-12-29-22)30-14-16-7-6-8-17(13-16)26-23(27)31-24(3,4)5/h6-10,13,22H,1,11-12,14H2,2-5H3,(H,26,27). The number of carbonyl (C=O) groups excluding carboxylic acids is 1. The first-order chi connectivity index (χ1) is 14.6. The van der Waals surface area contributed by atoms with Crippen molar-refractivity contribution in [2.45, 2.75) is 46.2 Å². The molecular weight excluding hydrogens is 401 g/mol. The van der Waals surface area contributed by atoms with E-state index in [2.05, 4.69) is 11.9 Å². The summed E-state index contributed by atoms with van der Waals surface area (Å²) >= 11 is 0. The zero-order valence-corrected chi connectivity index (χ0v) is 18.3. The number of carbonyl (C=O) groups is 1. The average Bonchev–Trinajstić information content (AvgIpc) is 3.19. The summed E-state index contributed by atoms with van der Waals surface area (Å²) in [6.45, 7) is 12.0. The second-order valence-electron chi connectivity index (χ2n) is 8.31. The Hall–Kier alpha value is -2.90. The normalized spacial score (nSPS) is 14.4. The van der Waals surface area contributed by atoms with Gasteiger partial charge in [-0.05, 0) is 57.0 Å². The van der Waals surface area contributed by atoms with E-state index in [9.17, 15) is 4.79 Å². The number of allylic oxidation sites excluding steroid dienone is 1. The Balaban J connectivity index is 1.73. The molecule has 0 unspecified atom stereocenters. The van der Waals surface area contributed by atoms with Gasteiger partial charge in [0.1, 0.15) is 12.2 Å². The van der Waals surface area contributed by atoms with Crippen molar-refractivity contribution in [1.29, 1.82) is 0 Å². The largest absolute Gasteiger partial charge is 0.486 e. The van der Waals surface area contributed by atoms with Gasteiger partial charge in [0, 0.05) is 5.69 Å². The van der Waals surface area contributed by atoms with Crippen molar-refractivity contribution in [3.05, 3.63) is 65.5 Å². The minimum absolute atomic E-state index is 0.0876. The van der Waals surface area contributed by atoms with E-state index in [1.54, 1.807) is 58.0 Å². The van der Waals surface area contributed by atoms with Crippen LogP contribution in [0.2, 0.25) is 0 Å². The molecule has 0 spiro atoms. The third kappa shape index (κ3) is 6.06. The van der Waals surface area contributed by atoms with Crippen LogP contribution in [-0.4, -0.2) is 24.9 Å². The molecule has 1 saturated heterocycles. The van der Waals surface area contributed by atoms with Crippen LogP contribution in [-0.2, 0) is 20.8 Å². The van der Waals surface area contributed by atoms with Crippen LogP contribution >= 0.6 is 0 Å². The maximum absolute atomic E-state index is 15.3. The highest BCUT2D eigenvalue weighted by Gasteiger charge is 2.27. The Morgan fingerprint density at radius 2 is 1.94 bits per heavy atom. The Morgan fingerprint density at radius 1 is 1.23 bits per heavy atom. The van der Waals surface area contributed by atoms with E-state index in [-0.39, 0.29) is 12.4 Å². The first kappa shape index (κ1) is 22.8. The summed E-state index contributed by atoms with van der Waals surface area (Å²) in [6.07, 6.45) is -1.33. The molecule has 166 valence electrons. The van der Waals surface area contributed by atoms with Crippen LogP contribution in [0.15, 0.2) is 43.0 Å². The van der Waals surface area contributed by atoms with Crippen molar-refractivity contribution < 1.29 is 28.1 Å². The molecule has 0 saturated carbocycles. The second kappa shape index (κ2) is 9.49. The van der Waals surface area contributed by atoms with Gasteiger partial charge in [-0.25, -0.2) is 9.18 Å². The summed E-state index contributed by atoms with van der Waals surface area (Å²) in [5.41, 5.74) is 2.36. The Bertz CT molecular complexity index is 961.